The van der Waals surface area contributed by atoms with E-state index in [9.17, 15) is 8.42 Å². The largest absolute Gasteiger partial charge is 0.311 e. The van der Waals surface area contributed by atoms with Gasteiger partial charge in [-0.05, 0) is 43.9 Å². The van der Waals surface area contributed by atoms with E-state index in [1.807, 2.05) is 0 Å². The molecule has 1 saturated heterocycles. The van der Waals surface area contributed by atoms with Crippen LogP contribution in [-0.4, -0.2) is 44.2 Å². The zero-order valence-electron chi connectivity index (χ0n) is 13.2. The highest BCUT2D eigenvalue weighted by Gasteiger charge is 2.28. The summed E-state index contributed by atoms with van der Waals surface area (Å²) < 4.78 is 24.6. The maximum absolute atomic E-state index is 11.5. The molecule has 4 nitrogen and oxygen atoms in total. The van der Waals surface area contributed by atoms with E-state index in [1.54, 1.807) is 4.31 Å². The normalized spacial score (nSPS) is 30.1. The van der Waals surface area contributed by atoms with Crippen molar-refractivity contribution in [2.45, 2.75) is 70.9 Å². The molecule has 2 rings (SSSR count). The summed E-state index contributed by atoms with van der Waals surface area (Å²) in [5.74, 6) is 0. The lowest BCUT2D eigenvalue weighted by Crippen LogP contribution is -2.47. The van der Waals surface area contributed by atoms with E-state index in [0.29, 0.717) is 30.6 Å². The van der Waals surface area contributed by atoms with Crippen LogP contribution in [0.2, 0.25) is 0 Å². The molecular weight excluding hydrogens is 272 g/mol. The van der Waals surface area contributed by atoms with Crippen molar-refractivity contribution >= 4 is 10.0 Å². The molecule has 0 aromatic rings. The molecule has 0 aromatic heterocycles. The van der Waals surface area contributed by atoms with E-state index < -0.39 is 10.0 Å². The lowest BCUT2D eigenvalue weighted by molar-refractivity contribution is 0.261. The van der Waals surface area contributed by atoms with Crippen LogP contribution in [-0.2, 0) is 10.0 Å². The average molecular weight is 302 g/mol. The summed E-state index contributed by atoms with van der Waals surface area (Å²) in [4.78, 5) is 0. The Morgan fingerprint density at radius 3 is 2.20 bits per heavy atom. The number of hydrogen-bond acceptors (Lipinski definition) is 3. The molecule has 118 valence electrons. The van der Waals surface area contributed by atoms with Gasteiger partial charge in [-0.2, -0.15) is 0 Å². The maximum atomic E-state index is 11.5. The Balaban J connectivity index is 1.78. The van der Waals surface area contributed by atoms with Gasteiger partial charge in [0, 0.05) is 25.2 Å². The van der Waals surface area contributed by atoms with E-state index in [0.717, 1.165) is 12.8 Å². The zero-order valence-corrected chi connectivity index (χ0v) is 14.0. The molecule has 1 saturated carbocycles. The molecular formula is C15H30N2O2S. The predicted molar refractivity (Wildman–Crippen MR) is 83.2 cm³/mol. The topological polar surface area (TPSA) is 49.4 Å². The summed E-state index contributed by atoms with van der Waals surface area (Å²) in [6.07, 6.45) is 9.69. The van der Waals surface area contributed by atoms with Gasteiger partial charge in [-0.15, -0.1) is 0 Å². The van der Waals surface area contributed by atoms with Crippen LogP contribution < -0.4 is 5.32 Å². The second-order valence-electron chi connectivity index (χ2n) is 7.40. The second kappa shape index (κ2) is 6.32. The van der Waals surface area contributed by atoms with Crippen molar-refractivity contribution in [2.24, 2.45) is 5.41 Å². The van der Waals surface area contributed by atoms with Crippen LogP contribution in [0, 0.1) is 5.41 Å². The number of nitrogens with one attached hydrogen (secondary N) is 1. The molecule has 0 bridgehead atoms. The molecule has 5 heteroatoms. The smallest absolute Gasteiger partial charge is 0.211 e. The quantitative estimate of drug-likeness (QED) is 0.814. The molecule has 20 heavy (non-hydrogen) atoms. The summed E-state index contributed by atoms with van der Waals surface area (Å²) in [5, 5.41) is 3.79. The van der Waals surface area contributed by atoms with Gasteiger partial charge in [0.25, 0.3) is 0 Å². The lowest BCUT2D eigenvalue weighted by Gasteiger charge is -2.33. The van der Waals surface area contributed by atoms with Gasteiger partial charge in [0.05, 0.1) is 6.26 Å². The molecule has 0 spiro atoms. The SMILES string of the molecule is CC1(C)CCCC(NC2CCN(S(C)(=O)=O)CC2)CC1. The predicted octanol–water partition coefficient (Wildman–Crippen LogP) is 2.36. The van der Waals surface area contributed by atoms with Crippen molar-refractivity contribution < 1.29 is 8.42 Å². The molecule has 0 amide bonds. The molecule has 1 aliphatic carbocycles. The van der Waals surface area contributed by atoms with E-state index in [4.69, 9.17) is 0 Å². The number of rotatable bonds is 3. The van der Waals surface area contributed by atoms with Gasteiger partial charge in [-0.25, -0.2) is 12.7 Å². The third kappa shape index (κ3) is 4.71. The van der Waals surface area contributed by atoms with Crippen molar-refractivity contribution in [2.75, 3.05) is 19.3 Å². The van der Waals surface area contributed by atoms with Gasteiger partial charge in [-0.1, -0.05) is 20.3 Å². The molecule has 1 atom stereocenters. The van der Waals surface area contributed by atoms with Crippen LogP contribution in [0.4, 0.5) is 0 Å². The van der Waals surface area contributed by atoms with Gasteiger partial charge in [-0.3, -0.25) is 0 Å². The number of piperidine rings is 1. The third-order valence-electron chi connectivity index (χ3n) is 4.97. The molecule has 1 heterocycles. The molecule has 0 radical (unpaired) electrons. The van der Waals surface area contributed by atoms with Crippen molar-refractivity contribution in [3.8, 4) is 0 Å². The number of hydrogen-bond donors (Lipinski definition) is 1. The standard InChI is InChI=1S/C15H30N2O2S/c1-15(2)9-4-5-13(6-10-15)16-14-7-11-17(12-8-14)20(3,18)19/h13-14,16H,4-12H2,1-3H3. The summed E-state index contributed by atoms with van der Waals surface area (Å²) in [5.41, 5.74) is 0.496. The van der Waals surface area contributed by atoms with Crippen LogP contribution in [0.15, 0.2) is 0 Å². The molecule has 1 unspecified atom stereocenters. The summed E-state index contributed by atoms with van der Waals surface area (Å²) in [6, 6.07) is 1.13. The highest BCUT2D eigenvalue weighted by atomic mass is 32.2. The fourth-order valence-corrected chi connectivity index (χ4v) is 4.39. The first kappa shape index (κ1) is 16.2. The molecule has 0 aromatic carbocycles. The Hall–Kier alpha value is -0.130. The third-order valence-corrected chi connectivity index (χ3v) is 6.27. The van der Waals surface area contributed by atoms with E-state index in [2.05, 4.69) is 19.2 Å². The fraction of sp³-hybridized carbons (Fsp3) is 1.00. The summed E-state index contributed by atoms with van der Waals surface area (Å²) in [6.45, 7) is 6.10. The van der Waals surface area contributed by atoms with Gasteiger partial charge in [0.1, 0.15) is 0 Å². The van der Waals surface area contributed by atoms with Crippen LogP contribution in [0.25, 0.3) is 0 Å². The van der Waals surface area contributed by atoms with E-state index in [1.165, 1.54) is 38.4 Å². The highest BCUT2D eigenvalue weighted by molar-refractivity contribution is 7.88. The highest BCUT2D eigenvalue weighted by Crippen LogP contribution is 2.34. The van der Waals surface area contributed by atoms with Crippen LogP contribution in [0.1, 0.15) is 58.8 Å². The van der Waals surface area contributed by atoms with E-state index >= 15 is 0 Å². The first-order chi connectivity index (χ1) is 9.26. The Labute approximate surface area is 124 Å². The minimum Gasteiger partial charge on any atom is -0.311 e. The average Bonchev–Trinajstić information content (AvgIpc) is 2.51. The summed E-state index contributed by atoms with van der Waals surface area (Å²) in [7, 11) is -3.00. The summed E-state index contributed by atoms with van der Waals surface area (Å²) >= 11 is 0. The van der Waals surface area contributed by atoms with Crippen molar-refractivity contribution in [3.63, 3.8) is 0 Å². The molecule has 2 aliphatic rings. The van der Waals surface area contributed by atoms with Crippen molar-refractivity contribution in [1.29, 1.82) is 0 Å². The van der Waals surface area contributed by atoms with Crippen LogP contribution >= 0.6 is 0 Å². The fourth-order valence-electron chi connectivity index (χ4n) is 3.52. The second-order valence-corrected chi connectivity index (χ2v) is 9.38. The Morgan fingerprint density at radius 2 is 1.60 bits per heavy atom. The zero-order chi connectivity index (χ0) is 14.8. The lowest BCUT2D eigenvalue weighted by atomic mass is 9.85. The molecule has 2 fully saturated rings. The minimum absolute atomic E-state index is 0.496. The van der Waals surface area contributed by atoms with Crippen LogP contribution in [0.5, 0.6) is 0 Å². The van der Waals surface area contributed by atoms with Crippen LogP contribution in [0.3, 0.4) is 0 Å². The van der Waals surface area contributed by atoms with E-state index in [-0.39, 0.29) is 0 Å². The number of nitrogens with zero attached hydrogens (tertiary/aromatic N) is 1. The number of sulfonamides is 1. The van der Waals surface area contributed by atoms with Gasteiger partial charge in [0.2, 0.25) is 10.0 Å². The molecule has 1 aliphatic heterocycles. The van der Waals surface area contributed by atoms with Crippen molar-refractivity contribution in [1.82, 2.24) is 9.62 Å². The Morgan fingerprint density at radius 1 is 1.00 bits per heavy atom. The first-order valence-corrected chi connectivity index (χ1v) is 9.82. The molecule has 1 N–H and O–H groups in total. The van der Waals surface area contributed by atoms with Gasteiger partial charge in [0.15, 0.2) is 0 Å². The monoisotopic (exact) mass is 302 g/mol. The maximum Gasteiger partial charge on any atom is 0.211 e. The van der Waals surface area contributed by atoms with Crippen molar-refractivity contribution in [3.05, 3.63) is 0 Å². The van der Waals surface area contributed by atoms with Gasteiger partial charge >= 0.3 is 0 Å². The Kier molecular flexibility index (Phi) is 5.14. The minimum atomic E-state index is -3.00. The first-order valence-electron chi connectivity index (χ1n) is 7.97. The Bertz CT molecular complexity index is 412. The van der Waals surface area contributed by atoms with Gasteiger partial charge < -0.3 is 5.32 Å².